The Morgan fingerprint density at radius 3 is 1.21 bits per heavy atom. The summed E-state index contributed by atoms with van der Waals surface area (Å²) in [6, 6.07) is 41.7. The standard InChI is InChI=1S/C28H26/c1-22(2)26-20-12-13-21-27(26)28(23-14-6-3-7-15-23,24-16-8-4-9-17-24)25-18-10-5-11-19-25/h3-22H,1-2H3. The molecule has 0 fully saturated rings. The molecule has 0 heteroatoms. The van der Waals surface area contributed by atoms with Crippen molar-refractivity contribution in [3.8, 4) is 0 Å². The lowest BCUT2D eigenvalue weighted by Gasteiger charge is -2.38. The fourth-order valence-corrected chi connectivity index (χ4v) is 4.37. The molecule has 0 spiro atoms. The highest BCUT2D eigenvalue weighted by molar-refractivity contribution is 5.61. The first kappa shape index (κ1) is 18.3. The third-order valence-corrected chi connectivity index (χ3v) is 5.61. The number of hydrogen-bond acceptors (Lipinski definition) is 0. The molecule has 0 saturated heterocycles. The monoisotopic (exact) mass is 362 g/mol. The van der Waals surface area contributed by atoms with E-state index in [9.17, 15) is 0 Å². The predicted octanol–water partition coefficient (Wildman–Crippen LogP) is 7.19. The number of hydrogen-bond donors (Lipinski definition) is 0. The zero-order chi connectivity index (χ0) is 19.4. The molecule has 138 valence electrons. The fourth-order valence-electron chi connectivity index (χ4n) is 4.37. The van der Waals surface area contributed by atoms with Crippen LogP contribution in [0.4, 0.5) is 0 Å². The number of benzene rings is 4. The third kappa shape index (κ3) is 3.05. The average molecular weight is 363 g/mol. The Labute approximate surface area is 168 Å². The predicted molar refractivity (Wildman–Crippen MR) is 119 cm³/mol. The molecule has 0 amide bonds. The van der Waals surface area contributed by atoms with Crippen molar-refractivity contribution in [1.82, 2.24) is 0 Å². The van der Waals surface area contributed by atoms with E-state index in [1.54, 1.807) is 0 Å². The normalized spacial score (nSPS) is 11.5. The topological polar surface area (TPSA) is 0 Å². The van der Waals surface area contributed by atoms with Crippen LogP contribution in [0.5, 0.6) is 0 Å². The summed E-state index contributed by atoms with van der Waals surface area (Å²) in [7, 11) is 0. The van der Waals surface area contributed by atoms with Crippen LogP contribution in [-0.4, -0.2) is 0 Å². The Morgan fingerprint density at radius 2 is 0.821 bits per heavy atom. The smallest absolute Gasteiger partial charge is 0.0622 e. The molecule has 0 aliphatic heterocycles. The highest BCUT2D eigenvalue weighted by Crippen LogP contribution is 2.47. The van der Waals surface area contributed by atoms with Gasteiger partial charge in [-0.05, 0) is 33.7 Å². The molecule has 4 aromatic rings. The summed E-state index contributed by atoms with van der Waals surface area (Å²) in [4.78, 5) is 0. The third-order valence-electron chi connectivity index (χ3n) is 5.61. The van der Waals surface area contributed by atoms with Gasteiger partial charge in [-0.3, -0.25) is 0 Å². The molecule has 0 saturated carbocycles. The lowest BCUT2D eigenvalue weighted by atomic mass is 9.63. The molecule has 0 heterocycles. The van der Waals surface area contributed by atoms with Gasteiger partial charge in [0.1, 0.15) is 0 Å². The largest absolute Gasteiger partial charge is 0.0704 e. The van der Waals surface area contributed by atoms with Crippen molar-refractivity contribution < 1.29 is 0 Å². The van der Waals surface area contributed by atoms with Crippen molar-refractivity contribution in [2.24, 2.45) is 0 Å². The number of rotatable bonds is 5. The maximum atomic E-state index is 2.31. The lowest BCUT2D eigenvalue weighted by molar-refractivity contribution is 0.713. The highest BCUT2D eigenvalue weighted by Gasteiger charge is 2.39. The average Bonchev–Trinajstić information content (AvgIpc) is 2.77. The van der Waals surface area contributed by atoms with Gasteiger partial charge >= 0.3 is 0 Å². The van der Waals surface area contributed by atoms with Crippen molar-refractivity contribution in [2.75, 3.05) is 0 Å². The first-order valence-corrected chi connectivity index (χ1v) is 10.0. The SMILES string of the molecule is CC(C)c1ccccc1C(c1ccccc1)(c1ccccc1)c1ccccc1. The summed E-state index contributed by atoms with van der Waals surface area (Å²) in [6.45, 7) is 4.56. The van der Waals surface area contributed by atoms with E-state index in [0.717, 1.165) is 0 Å². The molecule has 0 bridgehead atoms. The van der Waals surface area contributed by atoms with Gasteiger partial charge in [-0.25, -0.2) is 0 Å². The van der Waals surface area contributed by atoms with Gasteiger partial charge in [-0.1, -0.05) is 129 Å². The first-order chi connectivity index (χ1) is 13.7. The van der Waals surface area contributed by atoms with E-state index in [0.29, 0.717) is 5.92 Å². The maximum absolute atomic E-state index is 2.31. The van der Waals surface area contributed by atoms with Gasteiger partial charge in [0.2, 0.25) is 0 Å². The van der Waals surface area contributed by atoms with Crippen LogP contribution < -0.4 is 0 Å². The summed E-state index contributed by atoms with van der Waals surface area (Å²) in [5, 5.41) is 0. The van der Waals surface area contributed by atoms with Crippen LogP contribution in [-0.2, 0) is 5.41 Å². The van der Waals surface area contributed by atoms with Crippen LogP contribution in [0.2, 0.25) is 0 Å². The van der Waals surface area contributed by atoms with E-state index in [4.69, 9.17) is 0 Å². The Hall–Kier alpha value is -3.12. The van der Waals surface area contributed by atoms with Crippen LogP contribution in [0.3, 0.4) is 0 Å². The van der Waals surface area contributed by atoms with Crippen LogP contribution in [0.15, 0.2) is 115 Å². The molecule has 4 aromatic carbocycles. The molecule has 0 aromatic heterocycles. The summed E-state index contributed by atoms with van der Waals surface area (Å²) in [5.41, 5.74) is 6.26. The van der Waals surface area contributed by atoms with Crippen LogP contribution in [0.25, 0.3) is 0 Å². The second-order valence-electron chi connectivity index (χ2n) is 7.59. The van der Waals surface area contributed by atoms with Crippen molar-refractivity contribution in [1.29, 1.82) is 0 Å². The Bertz CT molecular complexity index is 918. The molecule has 4 rings (SSSR count). The molecule has 28 heavy (non-hydrogen) atoms. The fraction of sp³-hybridized carbons (Fsp3) is 0.143. The van der Waals surface area contributed by atoms with Gasteiger partial charge in [0, 0.05) is 0 Å². The highest BCUT2D eigenvalue weighted by atomic mass is 14.4. The van der Waals surface area contributed by atoms with Crippen LogP contribution in [0, 0.1) is 0 Å². The van der Waals surface area contributed by atoms with Gasteiger partial charge in [0.25, 0.3) is 0 Å². The Balaban J connectivity index is 2.18. The van der Waals surface area contributed by atoms with Crippen molar-refractivity contribution >= 4 is 0 Å². The van der Waals surface area contributed by atoms with Crippen molar-refractivity contribution in [2.45, 2.75) is 25.2 Å². The van der Waals surface area contributed by atoms with Gasteiger partial charge in [0.15, 0.2) is 0 Å². The van der Waals surface area contributed by atoms with Gasteiger partial charge in [-0.15, -0.1) is 0 Å². The Kier molecular flexibility index (Phi) is 5.12. The van der Waals surface area contributed by atoms with E-state index in [-0.39, 0.29) is 5.41 Å². The minimum Gasteiger partial charge on any atom is -0.0622 e. The van der Waals surface area contributed by atoms with Crippen molar-refractivity contribution in [3.05, 3.63) is 143 Å². The van der Waals surface area contributed by atoms with E-state index < -0.39 is 0 Å². The summed E-state index contributed by atoms with van der Waals surface area (Å²) < 4.78 is 0. The molecule has 0 aliphatic rings. The second kappa shape index (κ2) is 7.86. The quantitative estimate of drug-likeness (QED) is 0.329. The van der Waals surface area contributed by atoms with Crippen molar-refractivity contribution in [3.63, 3.8) is 0 Å². The van der Waals surface area contributed by atoms with Gasteiger partial charge in [-0.2, -0.15) is 0 Å². The molecular weight excluding hydrogens is 336 g/mol. The zero-order valence-electron chi connectivity index (χ0n) is 16.5. The summed E-state index contributed by atoms with van der Waals surface area (Å²) in [6.07, 6.45) is 0. The van der Waals surface area contributed by atoms with E-state index in [1.807, 2.05) is 0 Å². The lowest BCUT2D eigenvalue weighted by Crippen LogP contribution is -2.32. The second-order valence-corrected chi connectivity index (χ2v) is 7.59. The molecule has 0 radical (unpaired) electrons. The Morgan fingerprint density at radius 1 is 0.464 bits per heavy atom. The van der Waals surface area contributed by atoms with E-state index in [1.165, 1.54) is 27.8 Å². The minimum atomic E-state index is -0.357. The maximum Gasteiger partial charge on any atom is 0.0704 e. The molecule has 0 atom stereocenters. The first-order valence-electron chi connectivity index (χ1n) is 10.0. The van der Waals surface area contributed by atoms with Crippen LogP contribution in [0.1, 0.15) is 47.6 Å². The van der Waals surface area contributed by atoms with Gasteiger partial charge < -0.3 is 0 Å². The molecule has 0 aliphatic carbocycles. The molecule has 0 nitrogen and oxygen atoms in total. The summed E-state index contributed by atoms with van der Waals surface area (Å²) in [5.74, 6) is 0.437. The molecule has 0 unspecified atom stereocenters. The zero-order valence-corrected chi connectivity index (χ0v) is 16.5. The molecule has 0 N–H and O–H groups in total. The molecular formula is C28H26. The van der Waals surface area contributed by atoms with E-state index >= 15 is 0 Å². The minimum absolute atomic E-state index is 0.357. The summed E-state index contributed by atoms with van der Waals surface area (Å²) >= 11 is 0. The van der Waals surface area contributed by atoms with E-state index in [2.05, 4.69) is 129 Å². The van der Waals surface area contributed by atoms with Crippen LogP contribution >= 0.6 is 0 Å². The van der Waals surface area contributed by atoms with Gasteiger partial charge in [0.05, 0.1) is 5.41 Å².